The van der Waals surface area contributed by atoms with Gasteiger partial charge in [-0.25, -0.2) is 4.39 Å². The molecular weight excluding hydrogens is 193 g/mol. The van der Waals surface area contributed by atoms with Gasteiger partial charge in [0.25, 0.3) is 0 Å². The zero-order chi connectivity index (χ0) is 9.84. The van der Waals surface area contributed by atoms with E-state index in [4.69, 9.17) is 11.6 Å². The van der Waals surface area contributed by atoms with Gasteiger partial charge in [-0.15, -0.1) is 11.6 Å². The normalized spacial score (nSPS) is 21.6. The third-order valence-corrected chi connectivity index (χ3v) is 2.86. The highest BCUT2D eigenvalue weighted by Gasteiger charge is 2.25. The number of amides is 1. The van der Waals surface area contributed by atoms with Crippen molar-refractivity contribution in [1.82, 2.24) is 4.90 Å². The summed E-state index contributed by atoms with van der Waals surface area (Å²) < 4.78 is 12.7. The van der Waals surface area contributed by atoms with Crippen LogP contribution in [0.1, 0.15) is 26.2 Å². The Morgan fingerprint density at radius 1 is 1.62 bits per heavy atom. The molecule has 4 heteroatoms. The number of carbonyl (C=O) groups is 1. The Morgan fingerprint density at radius 3 is 2.62 bits per heavy atom. The van der Waals surface area contributed by atoms with Crippen molar-refractivity contribution >= 4 is 17.5 Å². The first-order chi connectivity index (χ1) is 6.15. The second-order valence-corrected chi connectivity index (χ2v) is 3.90. The number of carbonyl (C=O) groups excluding carboxylic acids is 1. The molecule has 0 N–H and O–H groups in total. The summed E-state index contributed by atoms with van der Waals surface area (Å²) >= 11 is 5.80. The molecule has 1 saturated heterocycles. The van der Waals surface area contributed by atoms with Gasteiger partial charge in [-0.3, -0.25) is 4.79 Å². The van der Waals surface area contributed by atoms with Crippen LogP contribution in [0.3, 0.4) is 0 Å². The lowest BCUT2D eigenvalue weighted by Gasteiger charge is -2.29. The Morgan fingerprint density at radius 2 is 2.15 bits per heavy atom. The van der Waals surface area contributed by atoms with Crippen LogP contribution < -0.4 is 0 Å². The number of hydrogen-bond acceptors (Lipinski definition) is 1. The maximum Gasteiger partial charge on any atom is 0.240 e. The quantitative estimate of drug-likeness (QED) is 0.634. The van der Waals surface area contributed by atoms with E-state index in [0.29, 0.717) is 32.4 Å². The molecule has 0 aromatic rings. The molecule has 1 unspecified atom stereocenters. The van der Waals surface area contributed by atoms with Gasteiger partial charge in [0.15, 0.2) is 0 Å². The van der Waals surface area contributed by atoms with Crippen LogP contribution in [0.5, 0.6) is 0 Å². The van der Waals surface area contributed by atoms with Crippen molar-refractivity contribution < 1.29 is 9.18 Å². The molecule has 0 aromatic carbocycles. The number of hydrogen-bond donors (Lipinski definition) is 0. The molecule has 1 rings (SSSR count). The summed E-state index contributed by atoms with van der Waals surface area (Å²) in [6.07, 6.45) is 0.813. The largest absolute Gasteiger partial charge is 0.341 e. The second-order valence-electron chi connectivity index (χ2n) is 3.38. The van der Waals surface area contributed by atoms with E-state index in [9.17, 15) is 9.18 Å². The zero-order valence-electron chi connectivity index (χ0n) is 7.80. The first kappa shape index (κ1) is 10.8. The minimum absolute atomic E-state index is 0.0453. The molecule has 1 atom stereocenters. The van der Waals surface area contributed by atoms with Gasteiger partial charge in [0, 0.05) is 13.1 Å². The topological polar surface area (TPSA) is 20.3 Å². The van der Waals surface area contributed by atoms with Gasteiger partial charge in [0.2, 0.25) is 5.91 Å². The molecule has 2 nitrogen and oxygen atoms in total. The maximum absolute atomic E-state index is 12.7. The summed E-state index contributed by atoms with van der Waals surface area (Å²) in [6.45, 7) is 2.91. The number of halogens is 2. The highest BCUT2D eigenvalue weighted by molar-refractivity contribution is 6.30. The van der Waals surface area contributed by atoms with E-state index in [0.717, 1.165) is 0 Å². The SMILES string of the molecule is CCC(Cl)C(=O)N1CCC(F)CC1. The summed E-state index contributed by atoms with van der Waals surface area (Å²) in [7, 11) is 0. The fourth-order valence-corrected chi connectivity index (χ4v) is 1.58. The Balaban J connectivity index is 2.40. The first-order valence-electron chi connectivity index (χ1n) is 4.72. The lowest BCUT2D eigenvalue weighted by Crippen LogP contribution is -2.42. The third kappa shape index (κ3) is 2.83. The van der Waals surface area contributed by atoms with Gasteiger partial charge >= 0.3 is 0 Å². The van der Waals surface area contributed by atoms with Crippen molar-refractivity contribution in [2.24, 2.45) is 0 Å². The van der Waals surface area contributed by atoms with Crippen molar-refractivity contribution in [3.05, 3.63) is 0 Å². The Kier molecular flexibility index (Phi) is 3.97. The van der Waals surface area contributed by atoms with Crippen molar-refractivity contribution in [2.45, 2.75) is 37.7 Å². The number of nitrogens with zero attached hydrogens (tertiary/aromatic N) is 1. The summed E-state index contributed by atoms with van der Waals surface area (Å²) in [5, 5.41) is -0.434. The molecule has 0 bridgehead atoms. The second kappa shape index (κ2) is 4.80. The predicted molar refractivity (Wildman–Crippen MR) is 50.6 cm³/mol. The molecule has 0 spiro atoms. The van der Waals surface area contributed by atoms with Crippen LogP contribution >= 0.6 is 11.6 Å². The van der Waals surface area contributed by atoms with Crippen LogP contribution in [0.15, 0.2) is 0 Å². The molecule has 0 aliphatic carbocycles. The summed E-state index contributed by atoms with van der Waals surface area (Å²) in [5.41, 5.74) is 0. The van der Waals surface area contributed by atoms with Crippen LogP contribution in [-0.4, -0.2) is 35.4 Å². The van der Waals surface area contributed by atoms with Crippen molar-refractivity contribution in [1.29, 1.82) is 0 Å². The van der Waals surface area contributed by atoms with Gasteiger partial charge in [-0.1, -0.05) is 6.92 Å². The van der Waals surface area contributed by atoms with E-state index in [1.165, 1.54) is 0 Å². The Labute approximate surface area is 83.0 Å². The lowest BCUT2D eigenvalue weighted by molar-refractivity contribution is -0.132. The average molecular weight is 208 g/mol. The monoisotopic (exact) mass is 207 g/mol. The molecule has 1 heterocycles. The van der Waals surface area contributed by atoms with E-state index in [-0.39, 0.29) is 5.91 Å². The summed E-state index contributed by atoms with van der Waals surface area (Å²) in [4.78, 5) is 13.2. The van der Waals surface area contributed by atoms with E-state index >= 15 is 0 Å². The molecule has 1 fully saturated rings. The van der Waals surface area contributed by atoms with Gasteiger partial charge in [-0.2, -0.15) is 0 Å². The smallest absolute Gasteiger partial charge is 0.240 e. The molecule has 0 saturated carbocycles. The number of rotatable bonds is 2. The van der Waals surface area contributed by atoms with E-state index < -0.39 is 11.5 Å². The number of piperidine rings is 1. The molecule has 0 aromatic heterocycles. The van der Waals surface area contributed by atoms with Crippen molar-refractivity contribution in [3.63, 3.8) is 0 Å². The van der Waals surface area contributed by atoms with Gasteiger partial charge in [0.1, 0.15) is 11.5 Å². The fourth-order valence-electron chi connectivity index (χ4n) is 1.44. The van der Waals surface area contributed by atoms with Gasteiger partial charge in [-0.05, 0) is 19.3 Å². The Bertz CT molecular complexity index is 180. The summed E-state index contributed by atoms with van der Waals surface area (Å²) in [5.74, 6) is -0.0453. The lowest BCUT2D eigenvalue weighted by atomic mass is 10.1. The predicted octanol–water partition coefficient (Wildman–Crippen LogP) is 1.96. The third-order valence-electron chi connectivity index (χ3n) is 2.36. The van der Waals surface area contributed by atoms with Crippen molar-refractivity contribution in [3.8, 4) is 0 Å². The average Bonchev–Trinajstić information content (AvgIpc) is 2.17. The first-order valence-corrected chi connectivity index (χ1v) is 5.15. The molecule has 76 valence electrons. The van der Waals surface area contributed by atoms with Crippen LogP contribution in [0.2, 0.25) is 0 Å². The zero-order valence-corrected chi connectivity index (χ0v) is 8.56. The molecule has 1 aliphatic rings. The van der Waals surface area contributed by atoms with E-state index in [2.05, 4.69) is 0 Å². The van der Waals surface area contributed by atoms with Crippen LogP contribution in [0.25, 0.3) is 0 Å². The molecular formula is C9H15ClFNO. The van der Waals surface area contributed by atoms with Gasteiger partial charge < -0.3 is 4.90 Å². The van der Waals surface area contributed by atoms with Crippen LogP contribution in [-0.2, 0) is 4.79 Å². The number of likely N-dealkylation sites (tertiary alicyclic amines) is 1. The van der Waals surface area contributed by atoms with Crippen LogP contribution in [0, 0.1) is 0 Å². The molecule has 0 radical (unpaired) electrons. The Hall–Kier alpha value is -0.310. The van der Waals surface area contributed by atoms with Gasteiger partial charge in [0.05, 0.1) is 0 Å². The minimum atomic E-state index is -0.737. The highest BCUT2D eigenvalue weighted by Crippen LogP contribution is 2.16. The molecule has 1 aliphatic heterocycles. The highest BCUT2D eigenvalue weighted by atomic mass is 35.5. The molecule has 13 heavy (non-hydrogen) atoms. The van der Waals surface area contributed by atoms with Crippen LogP contribution in [0.4, 0.5) is 4.39 Å². The van der Waals surface area contributed by atoms with Crippen molar-refractivity contribution in [2.75, 3.05) is 13.1 Å². The minimum Gasteiger partial charge on any atom is -0.341 e. The maximum atomic E-state index is 12.7. The summed E-state index contributed by atoms with van der Waals surface area (Å²) in [6, 6.07) is 0. The number of alkyl halides is 2. The van der Waals surface area contributed by atoms with E-state index in [1.807, 2.05) is 6.92 Å². The molecule has 1 amide bonds. The van der Waals surface area contributed by atoms with E-state index in [1.54, 1.807) is 4.90 Å². The fraction of sp³-hybridized carbons (Fsp3) is 0.889. The standard InChI is InChI=1S/C9H15ClFNO/c1-2-8(10)9(13)12-5-3-7(11)4-6-12/h7-8H,2-6H2,1H3.